The number of rotatable bonds is 3. The summed E-state index contributed by atoms with van der Waals surface area (Å²) in [5.74, 6) is 1.85. The van der Waals surface area contributed by atoms with Gasteiger partial charge in [-0.05, 0) is 50.0 Å². The van der Waals surface area contributed by atoms with Gasteiger partial charge in [0, 0.05) is 38.2 Å². The first-order valence-electron chi connectivity index (χ1n) is 9.88. The highest BCUT2D eigenvalue weighted by Gasteiger charge is 2.41. The van der Waals surface area contributed by atoms with Gasteiger partial charge in [-0.15, -0.1) is 24.0 Å². The molecule has 1 saturated carbocycles. The Morgan fingerprint density at radius 3 is 2.81 bits per heavy atom. The quantitative estimate of drug-likeness (QED) is 0.417. The highest BCUT2D eigenvalue weighted by molar-refractivity contribution is 14.0. The van der Waals surface area contributed by atoms with Gasteiger partial charge < -0.3 is 15.0 Å². The summed E-state index contributed by atoms with van der Waals surface area (Å²) in [6, 6.07) is 11.4. The van der Waals surface area contributed by atoms with Gasteiger partial charge in [-0.25, -0.2) is 0 Å². The molecule has 26 heavy (non-hydrogen) atoms. The van der Waals surface area contributed by atoms with E-state index < -0.39 is 0 Å². The Hall–Kier alpha value is -0.820. The van der Waals surface area contributed by atoms with E-state index in [1.165, 1.54) is 44.1 Å². The summed E-state index contributed by atoms with van der Waals surface area (Å²) in [6.45, 7) is 4.10. The van der Waals surface area contributed by atoms with Crippen LogP contribution in [0.2, 0.25) is 0 Å². The Balaban J connectivity index is 0.00000196. The molecule has 2 saturated heterocycles. The number of ether oxygens (including phenoxy) is 1. The van der Waals surface area contributed by atoms with Crippen molar-refractivity contribution in [3.05, 3.63) is 35.9 Å². The topological polar surface area (TPSA) is 36.9 Å². The molecule has 0 radical (unpaired) electrons. The minimum atomic E-state index is 0. The van der Waals surface area contributed by atoms with Crippen LogP contribution in [-0.2, 0) is 11.2 Å². The van der Waals surface area contributed by atoms with E-state index in [9.17, 15) is 0 Å². The van der Waals surface area contributed by atoms with Gasteiger partial charge in [0.1, 0.15) is 0 Å². The molecule has 3 fully saturated rings. The van der Waals surface area contributed by atoms with Gasteiger partial charge in [-0.3, -0.25) is 4.99 Å². The molecule has 2 aliphatic heterocycles. The van der Waals surface area contributed by atoms with E-state index in [2.05, 4.69) is 45.5 Å². The van der Waals surface area contributed by atoms with E-state index >= 15 is 0 Å². The van der Waals surface area contributed by atoms with Crippen LogP contribution in [-0.4, -0.2) is 50.3 Å². The summed E-state index contributed by atoms with van der Waals surface area (Å²) in [5.41, 5.74) is 1.81. The second kappa shape index (κ2) is 8.91. The fraction of sp³-hybridized carbons (Fsp3) is 0.667. The molecule has 0 amide bonds. The third-order valence-electron chi connectivity index (χ3n) is 6.15. The Morgan fingerprint density at radius 2 is 2.08 bits per heavy atom. The van der Waals surface area contributed by atoms with Crippen LogP contribution < -0.4 is 5.32 Å². The largest absolute Gasteiger partial charge is 0.381 e. The Labute approximate surface area is 174 Å². The van der Waals surface area contributed by atoms with Gasteiger partial charge in [0.25, 0.3) is 0 Å². The summed E-state index contributed by atoms with van der Waals surface area (Å²) in [4.78, 5) is 7.08. The smallest absolute Gasteiger partial charge is 0.193 e. The molecule has 3 aliphatic rings. The number of benzene rings is 1. The predicted molar refractivity (Wildman–Crippen MR) is 117 cm³/mol. The molecule has 0 aromatic heterocycles. The van der Waals surface area contributed by atoms with Gasteiger partial charge in [0.15, 0.2) is 5.96 Å². The number of halogens is 1. The summed E-state index contributed by atoms with van der Waals surface area (Å²) >= 11 is 0. The van der Waals surface area contributed by atoms with Crippen molar-refractivity contribution < 1.29 is 4.74 Å². The van der Waals surface area contributed by atoms with Crippen molar-refractivity contribution >= 4 is 29.9 Å². The molecule has 1 N–H and O–H groups in total. The average molecular weight is 469 g/mol. The SMILES string of the molecule is CN=C(NC1CC1Cc1ccccc1)N1CCCC2(CCCOC2)C1.I. The summed E-state index contributed by atoms with van der Waals surface area (Å²) in [5, 5.41) is 3.74. The Kier molecular flexibility index (Phi) is 6.83. The van der Waals surface area contributed by atoms with Crippen LogP contribution in [0, 0.1) is 11.3 Å². The molecule has 1 aliphatic carbocycles. The van der Waals surface area contributed by atoms with Crippen LogP contribution in [0.25, 0.3) is 0 Å². The first-order chi connectivity index (χ1) is 12.3. The maximum Gasteiger partial charge on any atom is 0.193 e. The molecule has 4 nitrogen and oxygen atoms in total. The normalized spacial score (nSPS) is 31.4. The Morgan fingerprint density at radius 1 is 1.27 bits per heavy atom. The molecule has 1 spiro atoms. The van der Waals surface area contributed by atoms with Crippen molar-refractivity contribution in [1.82, 2.24) is 10.2 Å². The number of aliphatic imine (C=N–C) groups is 1. The zero-order chi connectivity index (χ0) is 17.1. The standard InChI is InChI=1S/C21H31N3O.HI/c1-22-20(23-19-14-18(19)13-17-7-3-2-4-8-17)24-11-5-9-21(15-24)10-6-12-25-16-21;/h2-4,7-8,18-19H,5-6,9-16H2,1H3,(H,22,23);1H. The zero-order valence-corrected chi connectivity index (χ0v) is 18.2. The lowest BCUT2D eigenvalue weighted by atomic mass is 9.76. The Bertz CT molecular complexity index is 595. The number of nitrogens with zero attached hydrogens (tertiary/aromatic N) is 2. The van der Waals surface area contributed by atoms with Gasteiger partial charge >= 0.3 is 0 Å². The maximum absolute atomic E-state index is 5.81. The van der Waals surface area contributed by atoms with Crippen molar-refractivity contribution in [2.75, 3.05) is 33.4 Å². The number of nitrogens with one attached hydrogen (secondary N) is 1. The highest BCUT2D eigenvalue weighted by atomic mass is 127. The molecule has 2 heterocycles. The van der Waals surface area contributed by atoms with E-state index in [0.29, 0.717) is 11.5 Å². The van der Waals surface area contributed by atoms with Crippen LogP contribution in [0.3, 0.4) is 0 Å². The highest BCUT2D eigenvalue weighted by Crippen LogP contribution is 2.38. The number of guanidine groups is 1. The lowest BCUT2D eigenvalue weighted by Gasteiger charge is -2.45. The van der Waals surface area contributed by atoms with Crippen LogP contribution in [0.1, 0.15) is 37.7 Å². The summed E-state index contributed by atoms with van der Waals surface area (Å²) in [7, 11) is 1.93. The van der Waals surface area contributed by atoms with Crippen molar-refractivity contribution in [3.8, 4) is 0 Å². The second-order valence-corrected chi connectivity index (χ2v) is 8.16. The second-order valence-electron chi connectivity index (χ2n) is 8.16. The minimum absolute atomic E-state index is 0. The first kappa shape index (κ1) is 19.9. The van der Waals surface area contributed by atoms with Gasteiger partial charge in [0.2, 0.25) is 0 Å². The molecule has 5 heteroatoms. The van der Waals surface area contributed by atoms with Crippen molar-refractivity contribution in [2.45, 2.75) is 44.6 Å². The zero-order valence-electron chi connectivity index (χ0n) is 15.8. The van der Waals surface area contributed by atoms with Gasteiger partial charge in [-0.1, -0.05) is 30.3 Å². The third-order valence-corrected chi connectivity index (χ3v) is 6.15. The average Bonchev–Trinajstić information content (AvgIpc) is 3.38. The van der Waals surface area contributed by atoms with Gasteiger partial charge in [0.05, 0.1) is 6.61 Å². The fourth-order valence-corrected chi connectivity index (χ4v) is 4.65. The molecule has 1 aromatic rings. The molecular formula is C21H32IN3O. The van der Waals surface area contributed by atoms with E-state index in [0.717, 1.165) is 38.2 Å². The van der Waals surface area contributed by atoms with Crippen LogP contribution in [0.5, 0.6) is 0 Å². The maximum atomic E-state index is 5.81. The predicted octanol–water partition coefficient (Wildman–Crippen LogP) is 3.70. The van der Waals surface area contributed by atoms with Crippen molar-refractivity contribution in [3.63, 3.8) is 0 Å². The monoisotopic (exact) mass is 469 g/mol. The summed E-state index contributed by atoms with van der Waals surface area (Å²) in [6.07, 6.45) is 7.51. The lowest BCUT2D eigenvalue weighted by Crippen LogP contribution is -2.53. The number of hydrogen-bond acceptors (Lipinski definition) is 2. The molecule has 1 aromatic carbocycles. The fourth-order valence-electron chi connectivity index (χ4n) is 4.65. The van der Waals surface area contributed by atoms with E-state index in [1.54, 1.807) is 0 Å². The molecular weight excluding hydrogens is 437 g/mol. The van der Waals surface area contributed by atoms with Crippen LogP contribution in [0.4, 0.5) is 0 Å². The van der Waals surface area contributed by atoms with E-state index in [-0.39, 0.29) is 24.0 Å². The van der Waals surface area contributed by atoms with E-state index in [1.807, 2.05) is 7.05 Å². The van der Waals surface area contributed by atoms with Crippen LogP contribution in [0.15, 0.2) is 35.3 Å². The minimum Gasteiger partial charge on any atom is -0.381 e. The number of likely N-dealkylation sites (tertiary alicyclic amines) is 1. The molecule has 144 valence electrons. The van der Waals surface area contributed by atoms with Crippen LogP contribution >= 0.6 is 24.0 Å². The molecule has 4 rings (SSSR count). The third kappa shape index (κ3) is 4.71. The van der Waals surface area contributed by atoms with E-state index in [4.69, 9.17) is 4.74 Å². The number of piperidine rings is 1. The molecule has 0 bridgehead atoms. The van der Waals surface area contributed by atoms with Crippen molar-refractivity contribution in [1.29, 1.82) is 0 Å². The van der Waals surface area contributed by atoms with Gasteiger partial charge in [-0.2, -0.15) is 0 Å². The number of hydrogen-bond donors (Lipinski definition) is 1. The first-order valence-corrected chi connectivity index (χ1v) is 9.88. The molecule has 3 atom stereocenters. The summed E-state index contributed by atoms with van der Waals surface area (Å²) < 4.78 is 5.81. The molecule has 3 unspecified atom stereocenters. The van der Waals surface area contributed by atoms with Crippen molar-refractivity contribution in [2.24, 2.45) is 16.3 Å². The lowest BCUT2D eigenvalue weighted by molar-refractivity contribution is -0.0370.